The number of carbonyl (C=O) groups is 1. The number of hydrogen-bond acceptors (Lipinski definition) is 7. The Morgan fingerprint density at radius 2 is 2.10 bits per heavy atom. The van der Waals surface area contributed by atoms with E-state index in [9.17, 15) is 13.2 Å². The lowest BCUT2D eigenvalue weighted by Gasteiger charge is -2.11. The number of anilines is 1. The summed E-state index contributed by atoms with van der Waals surface area (Å²) >= 11 is 7.41. The van der Waals surface area contributed by atoms with Crippen molar-refractivity contribution in [2.45, 2.75) is 24.8 Å². The quantitative estimate of drug-likeness (QED) is 0.406. The van der Waals surface area contributed by atoms with Gasteiger partial charge in [0.25, 0.3) is 10.0 Å². The Morgan fingerprint density at radius 1 is 1.29 bits per heavy atom. The Kier molecular flexibility index (Phi) is 7.51. The highest BCUT2D eigenvalue weighted by atomic mass is 35.5. The van der Waals surface area contributed by atoms with Crippen molar-refractivity contribution in [2.24, 2.45) is 0 Å². The third-order valence-electron chi connectivity index (χ3n) is 4.09. The van der Waals surface area contributed by atoms with E-state index in [0.29, 0.717) is 10.6 Å². The summed E-state index contributed by atoms with van der Waals surface area (Å²) in [5.41, 5.74) is 3.05. The van der Waals surface area contributed by atoms with Gasteiger partial charge in [-0.3, -0.25) is 4.72 Å². The first kappa shape index (κ1) is 23.0. The first-order valence-electron chi connectivity index (χ1n) is 9.23. The molecule has 1 heterocycles. The molecule has 0 aliphatic rings. The summed E-state index contributed by atoms with van der Waals surface area (Å²) in [4.78, 5) is 15.8. The van der Waals surface area contributed by atoms with Gasteiger partial charge in [0.15, 0.2) is 6.10 Å². The summed E-state index contributed by atoms with van der Waals surface area (Å²) in [6.45, 7) is 3.50. The molecule has 0 aliphatic heterocycles. The zero-order valence-corrected chi connectivity index (χ0v) is 19.1. The van der Waals surface area contributed by atoms with Crippen molar-refractivity contribution in [2.75, 3.05) is 17.9 Å². The molecule has 31 heavy (non-hydrogen) atoms. The van der Waals surface area contributed by atoms with E-state index in [1.807, 2.05) is 0 Å². The van der Waals surface area contributed by atoms with Crippen molar-refractivity contribution in [1.82, 2.24) is 4.98 Å². The molecular weight excluding hydrogens is 460 g/mol. The van der Waals surface area contributed by atoms with Crippen LogP contribution in [0.15, 0.2) is 46.8 Å². The van der Waals surface area contributed by atoms with Gasteiger partial charge in [0, 0.05) is 5.02 Å². The van der Waals surface area contributed by atoms with Crippen LogP contribution in [0.3, 0.4) is 0 Å². The van der Waals surface area contributed by atoms with Crippen LogP contribution < -0.4 is 4.72 Å². The fourth-order valence-electron chi connectivity index (χ4n) is 2.54. The van der Waals surface area contributed by atoms with Gasteiger partial charge < -0.3 is 9.47 Å². The van der Waals surface area contributed by atoms with E-state index < -0.39 is 22.1 Å². The van der Waals surface area contributed by atoms with E-state index >= 15 is 0 Å². The second-order valence-corrected chi connectivity index (χ2v) is 9.29. The molecule has 0 spiro atoms. The summed E-state index contributed by atoms with van der Waals surface area (Å²) in [6, 6.07) is 9.38. The molecule has 0 saturated carbocycles. The maximum atomic E-state index is 12.9. The van der Waals surface area contributed by atoms with E-state index in [1.54, 1.807) is 43.6 Å². The summed E-state index contributed by atoms with van der Waals surface area (Å²) in [5, 5.41) is 0.402. The Morgan fingerprint density at radius 3 is 2.87 bits per heavy atom. The van der Waals surface area contributed by atoms with Crippen LogP contribution >= 0.6 is 22.9 Å². The highest BCUT2D eigenvalue weighted by Gasteiger charge is 2.17. The van der Waals surface area contributed by atoms with E-state index in [1.165, 1.54) is 23.5 Å². The summed E-state index contributed by atoms with van der Waals surface area (Å²) in [5.74, 6) is 5.12. The molecule has 1 atom stereocenters. The first-order valence-corrected chi connectivity index (χ1v) is 12.0. The van der Waals surface area contributed by atoms with Crippen LogP contribution in [0.1, 0.15) is 19.4 Å². The lowest BCUT2D eigenvalue weighted by Crippen LogP contribution is -2.23. The summed E-state index contributed by atoms with van der Waals surface area (Å²) in [7, 11) is -3.85. The van der Waals surface area contributed by atoms with Crippen molar-refractivity contribution in [1.29, 1.82) is 0 Å². The Hall–Kier alpha value is -2.64. The van der Waals surface area contributed by atoms with Gasteiger partial charge in [0.05, 0.1) is 38.5 Å². The van der Waals surface area contributed by atoms with Crippen molar-refractivity contribution in [3.63, 3.8) is 0 Å². The van der Waals surface area contributed by atoms with Crippen LogP contribution in [0, 0.1) is 11.8 Å². The van der Waals surface area contributed by atoms with Crippen LogP contribution in [0.25, 0.3) is 10.2 Å². The SMILES string of the molecule is CCOC(=O)C(C)OCC#Cc1cc(Cl)ccc1NS(=O)(=O)c1ccc2ncsc2c1. The van der Waals surface area contributed by atoms with Gasteiger partial charge in [0.2, 0.25) is 0 Å². The number of nitrogens with one attached hydrogen (secondary N) is 1. The third-order valence-corrected chi connectivity index (χ3v) is 6.48. The number of benzene rings is 2. The minimum absolute atomic E-state index is 0.0409. The molecule has 1 N–H and O–H groups in total. The molecule has 1 aromatic heterocycles. The number of rotatable bonds is 7. The Bertz CT molecular complexity index is 1260. The standard InChI is InChI=1S/C21H19ClN2O5S2/c1-3-28-21(25)14(2)29-10-4-5-15-11-16(22)6-8-18(15)24-31(26,27)17-7-9-19-20(12-17)30-13-23-19/h6-9,11-14,24H,3,10H2,1-2H3. The zero-order valence-electron chi connectivity index (χ0n) is 16.7. The predicted molar refractivity (Wildman–Crippen MR) is 121 cm³/mol. The molecule has 0 aliphatic carbocycles. The topological polar surface area (TPSA) is 94.6 Å². The molecule has 0 saturated heterocycles. The van der Waals surface area contributed by atoms with Crippen LogP contribution in [-0.4, -0.2) is 38.7 Å². The van der Waals surface area contributed by atoms with Crippen LogP contribution in [0.5, 0.6) is 0 Å². The molecule has 0 fully saturated rings. The lowest BCUT2D eigenvalue weighted by molar-refractivity contribution is -0.154. The summed E-state index contributed by atoms with van der Waals surface area (Å²) < 4.78 is 39.3. The maximum absolute atomic E-state index is 12.9. The van der Waals surface area contributed by atoms with Crippen molar-refractivity contribution >= 4 is 54.8 Å². The van der Waals surface area contributed by atoms with Gasteiger partial charge in [0.1, 0.15) is 6.61 Å². The van der Waals surface area contributed by atoms with Gasteiger partial charge in [-0.05, 0) is 50.2 Å². The highest BCUT2D eigenvalue weighted by Crippen LogP contribution is 2.26. The Labute approximate surface area is 189 Å². The molecule has 3 rings (SSSR count). The van der Waals surface area contributed by atoms with E-state index in [2.05, 4.69) is 21.5 Å². The van der Waals surface area contributed by atoms with Gasteiger partial charge in [-0.1, -0.05) is 23.4 Å². The molecule has 2 aromatic carbocycles. The molecule has 7 nitrogen and oxygen atoms in total. The maximum Gasteiger partial charge on any atom is 0.334 e. The number of carbonyl (C=O) groups excluding carboxylic acids is 1. The average Bonchev–Trinajstić information content (AvgIpc) is 3.21. The minimum Gasteiger partial charge on any atom is -0.464 e. The number of esters is 1. The summed E-state index contributed by atoms with van der Waals surface area (Å²) in [6.07, 6.45) is -0.756. The van der Waals surface area contributed by atoms with E-state index in [0.717, 1.165) is 10.2 Å². The van der Waals surface area contributed by atoms with Gasteiger partial charge in [-0.2, -0.15) is 0 Å². The molecule has 10 heteroatoms. The van der Waals surface area contributed by atoms with Crippen LogP contribution in [-0.2, 0) is 24.3 Å². The Balaban J connectivity index is 1.77. The molecule has 0 bridgehead atoms. The predicted octanol–water partition coefficient (Wildman–Crippen LogP) is 4.07. The largest absolute Gasteiger partial charge is 0.464 e. The molecule has 0 radical (unpaired) electrons. The van der Waals surface area contributed by atoms with Crippen molar-refractivity contribution in [3.05, 3.63) is 52.5 Å². The molecule has 3 aromatic rings. The monoisotopic (exact) mass is 478 g/mol. The normalized spacial score (nSPS) is 12.1. The molecule has 0 amide bonds. The fraction of sp³-hybridized carbons (Fsp3) is 0.238. The number of fused-ring (bicyclic) bond motifs is 1. The molecular formula is C21H19ClN2O5S2. The lowest BCUT2D eigenvalue weighted by atomic mass is 10.2. The van der Waals surface area contributed by atoms with Crippen molar-refractivity contribution < 1.29 is 22.7 Å². The number of sulfonamides is 1. The molecule has 1 unspecified atom stereocenters. The van der Waals surface area contributed by atoms with Crippen LogP contribution in [0.4, 0.5) is 5.69 Å². The first-order chi connectivity index (χ1) is 14.8. The number of aromatic nitrogens is 1. The van der Waals surface area contributed by atoms with Gasteiger partial charge >= 0.3 is 5.97 Å². The van der Waals surface area contributed by atoms with E-state index in [4.69, 9.17) is 21.1 Å². The van der Waals surface area contributed by atoms with E-state index in [-0.39, 0.29) is 23.8 Å². The van der Waals surface area contributed by atoms with Crippen LogP contribution in [0.2, 0.25) is 5.02 Å². The number of hydrogen-bond donors (Lipinski definition) is 1. The van der Waals surface area contributed by atoms with Gasteiger partial charge in [-0.15, -0.1) is 11.3 Å². The minimum atomic E-state index is -3.85. The molecule has 162 valence electrons. The second-order valence-electron chi connectivity index (χ2n) is 6.28. The van der Waals surface area contributed by atoms with Crippen molar-refractivity contribution in [3.8, 4) is 11.8 Å². The second kappa shape index (κ2) is 10.1. The average molecular weight is 479 g/mol. The third kappa shape index (κ3) is 5.95. The smallest absolute Gasteiger partial charge is 0.334 e. The van der Waals surface area contributed by atoms with Gasteiger partial charge in [-0.25, -0.2) is 18.2 Å². The highest BCUT2D eigenvalue weighted by molar-refractivity contribution is 7.92. The number of ether oxygens (including phenoxy) is 2. The number of thiazole rings is 1. The number of halogens is 1. The number of nitrogens with zero attached hydrogens (tertiary/aromatic N) is 1. The zero-order chi connectivity index (χ0) is 22.4. The fourth-order valence-corrected chi connectivity index (χ4v) is 4.61.